The van der Waals surface area contributed by atoms with Crippen LogP contribution in [0.1, 0.15) is 70.6 Å². The maximum absolute atomic E-state index is 13.8. The van der Waals surface area contributed by atoms with Gasteiger partial charge in [0.2, 0.25) is 0 Å². The monoisotopic (exact) mass is 560 g/mol. The van der Waals surface area contributed by atoms with Gasteiger partial charge in [0.25, 0.3) is 5.91 Å². The van der Waals surface area contributed by atoms with Crippen molar-refractivity contribution < 1.29 is 18.7 Å². The van der Waals surface area contributed by atoms with Gasteiger partial charge in [0.15, 0.2) is 5.79 Å². The summed E-state index contributed by atoms with van der Waals surface area (Å²) in [4.78, 5) is 20.6. The van der Waals surface area contributed by atoms with Gasteiger partial charge >= 0.3 is 0 Å². The Morgan fingerprint density at radius 2 is 1.83 bits per heavy atom. The van der Waals surface area contributed by atoms with Gasteiger partial charge < -0.3 is 19.3 Å². The molecule has 218 valence electrons. The van der Waals surface area contributed by atoms with Gasteiger partial charge in [-0.1, -0.05) is 12.1 Å². The molecule has 0 N–H and O–H groups in total. The van der Waals surface area contributed by atoms with Crippen molar-refractivity contribution in [2.24, 2.45) is 0 Å². The molecule has 0 unspecified atom stereocenters. The molecule has 6 rings (SSSR count). The molecular formula is C33H41FN4O3. The smallest absolute Gasteiger partial charge is 0.253 e. The van der Waals surface area contributed by atoms with Gasteiger partial charge in [0.1, 0.15) is 5.82 Å². The van der Waals surface area contributed by atoms with Crippen LogP contribution in [-0.2, 0) is 22.3 Å². The van der Waals surface area contributed by atoms with E-state index in [1.807, 2.05) is 25.2 Å². The van der Waals surface area contributed by atoms with Gasteiger partial charge in [-0.3, -0.25) is 9.69 Å². The second-order valence-electron chi connectivity index (χ2n) is 12.3. The number of hydrogen-bond donors (Lipinski definition) is 0. The Bertz CT molecular complexity index is 1270. The fourth-order valence-electron chi connectivity index (χ4n) is 7.15. The van der Waals surface area contributed by atoms with Crippen molar-refractivity contribution in [2.75, 3.05) is 59.5 Å². The number of benzene rings is 2. The van der Waals surface area contributed by atoms with Gasteiger partial charge in [0, 0.05) is 70.1 Å². The molecule has 7 nitrogen and oxygen atoms in total. The highest BCUT2D eigenvalue weighted by atomic mass is 19.1. The molecule has 1 amide bonds. The van der Waals surface area contributed by atoms with Crippen LogP contribution in [0.15, 0.2) is 36.4 Å². The number of nitrogens with zero attached hydrogens (tertiary/aromatic N) is 4. The first-order valence-corrected chi connectivity index (χ1v) is 15.2. The van der Waals surface area contributed by atoms with Crippen molar-refractivity contribution in [3.63, 3.8) is 0 Å². The van der Waals surface area contributed by atoms with Crippen LogP contribution in [0.25, 0.3) is 0 Å². The molecule has 0 aromatic heterocycles. The van der Waals surface area contributed by atoms with E-state index in [4.69, 9.17) is 9.47 Å². The fraction of sp³-hybridized carbons (Fsp3) is 0.576. The Hall–Kier alpha value is -2.83. The third kappa shape index (κ3) is 6.19. The minimum absolute atomic E-state index is 0.0329. The zero-order valence-corrected chi connectivity index (χ0v) is 24.1. The SMILES string of the molecule is CN(C[C@@H](CCN1CC(N2CCC3(CC2)OCCO3)C1)c1ccc(F)cc1)C(=O)c1cc(C#N)cc2c1CCCC2. The first-order chi connectivity index (χ1) is 19.9. The minimum Gasteiger partial charge on any atom is -0.347 e. The highest BCUT2D eigenvalue weighted by Gasteiger charge is 2.43. The summed E-state index contributed by atoms with van der Waals surface area (Å²) in [5, 5.41) is 9.58. The lowest BCUT2D eigenvalue weighted by molar-refractivity contribution is -0.191. The lowest BCUT2D eigenvalue weighted by Gasteiger charge is -2.49. The van der Waals surface area contributed by atoms with Crippen LogP contribution in [-0.4, -0.2) is 92.0 Å². The minimum atomic E-state index is -0.332. The molecule has 3 aliphatic heterocycles. The highest BCUT2D eigenvalue weighted by molar-refractivity contribution is 5.96. The number of rotatable bonds is 8. The van der Waals surface area contributed by atoms with Crippen molar-refractivity contribution in [1.29, 1.82) is 5.26 Å². The van der Waals surface area contributed by atoms with Crippen LogP contribution >= 0.6 is 0 Å². The van der Waals surface area contributed by atoms with Crippen LogP contribution < -0.4 is 0 Å². The number of nitriles is 1. The Balaban J connectivity index is 1.08. The van der Waals surface area contributed by atoms with E-state index in [0.29, 0.717) is 36.9 Å². The van der Waals surface area contributed by atoms with Gasteiger partial charge in [-0.15, -0.1) is 0 Å². The number of likely N-dealkylation sites (N-methyl/N-ethyl adjacent to an activating group) is 1. The number of aryl methyl sites for hydroxylation is 1. The highest BCUT2D eigenvalue weighted by Crippen LogP contribution is 2.34. The molecule has 0 radical (unpaired) electrons. The number of ether oxygens (including phenoxy) is 2. The topological polar surface area (TPSA) is 69.0 Å². The normalized spacial score (nSPS) is 21.7. The Morgan fingerprint density at radius 1 is 1.12 bits per heavy atom. The maximum Gasteiger partial charge on any atom is 0.253 e. The number of amides is 1. The van der Waals surface area contributed by atoms with E-state index in [2.05, 4.69) is 15.9 Å². The molecule has 41 heavy (non-hydrogen) atoms. The number of likely N-dealkylation sites (tertiary alicyclic amines) is 2. The largest absolute Gasteiger partial charge is 0.347 e. The zero-order chi connectivity index (χ0) is 28.4. The molecule has 8 heteroatoms. The molecule has 0 bridgehead atoms. The number of carbonyl (C=O) groups excluding carboxylic acids is 1. The lowest BCUT2D eigenvalue weighted by Crippen LogP contribution is -2.62. The van der Waals surface area contributed by atoms with E-state index < -0.39 is 0 Å². The molecule has 2 aromatic rings. The molecule has 4 aliphatic rings. The number of halogens is 1. The summed E-state index contributed by atoms with van der Waals surface area (Å²) in [5.74, 6) is -0.528. The molecule has 2 aromatic carbocycles. The van der Waals surface area contributed by atoms with Crippen molar-refractivity contribution in [3.8, 4) is 6.07 Å². The Morgan fingerprint density at radius 3 is 2.54 bits per heavy atom. The van der Waals surface area contributed by atoms with E-state index in [0.717, 1.165) is 94.4 Å². The van der Waals surface area contributed by atoms with Gasteiger partial charge in [-0.2, -0.15) is 5.26 Å². The molecule has 3 heterocycles. The van der Waals surface area contributed by atoms with Crippen molar-refractivity contribution in [3.05, 3.63) is 70.0 Å². The average molecular weight is 561 g/mol. The average Bonchev–Trinajstić information content (AvgIpc) is 3.43. The third-order valence-electron chi connectivity index (χ3n) is 9.63. The van der Waals surface area contributed by atoms with Crippen LogP contribution in [0.4, 0.5) is 4.39 Å². The van der Waals surface area contributed by atoms with Crippen LogP contribution in [0.5, 0.6) is 0 Å². The molecule has 3 saturated heterocycles. The quantitative estimate of drug-likeness (QED) is 0.479. The zero-order valence-electron chi connectivity index (χ0n) is 24.1. The lowest BCUT2D eigenvalue weighted by atomic mass is 9.86. The standard InChI is InChI=1S/C33H41FN4O3/c1-36(32(39)31-19-24(20-35)18-26-4-2-3-5-30(26)31)21-27(25-6-8-28(34)9-7-25)10-13-37-22-29(23-37)38-14-11-33(12-15-38)40-16-17-41-33/h6-9,18-19,27,29H,2-5,10-17,21-23H2,1H3/t27-/m1/s1. The number of hydrogen-bond acceptors (Lipinski definition) is 6. The van der Waals surface area contributed by atoms with Gasteiger partial charge in [-0.25, -0.2) is 4.39 Å². The van der Waals surface area contributed by atoms with E-state index in [9.17, 15) is 14.4 Å². The van der Waals surface area contributed by atoms with Crippen molar-refractivity contribution in [1.82, 2.24) is 14.7 Å². The van der Waals surface area contributed by atoms with Gasteiger partial charge in [0.05, 0.1) is 24.8 Å². The maximum atomic E-state index is 13.8. The van der Waals surface area contributed by atoms with Crippen molar-refractivity contribution in [2.45, 2.75) is 62.7 Å². The third-order valence-corrected chi connectivity index (χ3v) is 9.63. The number of fused-ring (bicyclic) bond motifs is 1. The van der Waals surface area contributed by atoms with Gasteiger partial charge in [-0.05, 0) is 79.6 Å². The predicted octanol–water partition coefficient (Wildman–Crippen LogP) is 4.35. The first kappa shape index (κ1) is 28.3. The van der Waals surface area contributed by atoms with Crippen LogP contribution in [0.3, 0.4) is 0 Å². The molecule has 1 atom stereocenters. The molecule has 0 saturated carbocycles. The Labute approximate surface area is 242 Å². The first-order valence-electron chi connectivity index (χ1n) is 15.2. The summed E-state index contributed by atoms with van der Waals surface area (Å²) in [5.41, 5.74) is 4.51. The molecule has 3 fully saturated rings. The van der Waals surface area contributed by atoms with Crippen LogP contribution in [0.2, 0.25) is 0 Å². The summed E-state index contributed by atoms with van der Waals surface area (Å²) in [6.07, 6.45) is 6.73. The van der Waals surface area contributed by atoms with E-state index >= 15 is 0 Å². The predicted molar refractivity (Wildman–Crippen MR) is 154 cm³/mol. The van der Waals surface area contributed by atoms with E-state index in [1.165, 1.54) is 12.1 Å². The summed E-state index contributed by atoms with van der Waals surface area (Å²) >= 11 is 0. The molecule has 1 aliphatic carbocycles. The van der Waals surface area contributed by atoms with Crippen molar-refractivity contribution >= 4 is 5.91 Å². The molecular weight excluding hydrogens is 519 g/mol. The Kier molecular flexibility index (Phi) is 8.41. The number of carbonyl (C=O) groups is 1. The second kappa shape index (κ2) is 12.2. The summed E-state index contributed by atoms with van der Waals surface area (Å²) in [7, 11) is 1.85. The summed E-state index contributed by atoms with van der Waals surface area (Å²) < 4.78 is 25.5. The van der Waals surface area contributed by atoms with E-state index in [1.54, 1.807) is 11.0 Å². The molecule has 1 spiro atoms. The fourth-order valence-corrected chi connectivity index (χ4v) is 7.15. The number of piperidine rings is 1. The summed E-state index contributed by atoms with van der Waals surface area (Å²) in [6, 6.07) is 13.3. The van der Waals surface area contributed by atoms with Crippen LogP contribution in [0, 0.1) is 17.1 Å². The second-order valence-corrected chi connectivity index (χ2v) is 12.3. The van der Waals surface area contributed by atoms with E-state index in [-0.39, 0.29) is 23.4 Å². The summed E-state index contributed by atoms with van der Waals surface area (Å²) in [6.45, 7) is 7.02.